The van der Waals surface area contributed by atoms with E-state index in [4.69, 9.17) is 4.74 Å². The van der Waals surface area contributed by atoms with Gasteiger partial charge in [0.2, 0.25) is 0 Å². The molecule has 1 unspecified atom stereocenters. The van der Waals surface area contributed by atoms with Gasteiger partial charge in [-0.3, -0.25) is 4.79 Å². The van der Waals surface area contributed by atoms with Crippen molar-refractivity contribution in [1.82, 2.24) is 4.90 Å². The quantitative estimate of drug-likeness (QED) is 0.0396. The monoisotopic (exact) mass is 700 g/mol. The minimum atomic E-state index is -0.570. The fourth-order valence-electron chi connectivity index (χ4n) is 6.39. The van der Waals surface area contributed by atoms with E-state index in [1.165, 1.54) is 128 Å². The summed E-state index contributed by atoms with van der Waals surface area (Å²) in [6.07, 6.45) is 53.4. The van der Waals surface area contributed by atoms with Crippen molar-refractivity contribution in [3.8, 4) is 0 Å². The largest absolute Gasteiger partial charge is 0.466 e. The zero-order valence-corrected chi connectivity index (χ0v) is 34.0. The Morgan fingerprint density at radius 1 is 0.520 bits per heavy atom. The average molecular weight is 700 g/mol. The number of carbonyl (C=O) groups excluding carboxylic acids is 1. The molecule has 0 aliphatic carbocycles. The van der Waals surface area contributed by atoms with E-state index in [2.05, 4.69) is 62.5 Å². The molecule has 0 saturated carbocycles. The predicted molar refractivity (Wildman–Crippen MR) is 221 cm³/mol. The van der Waals surface area contributed by atoms with Crippen molar-refractivity contribution in [3.05, 3.63) is 48.6 Å². The first-order chi connectivity index (χ1) is 24.4. The molecular weight excluding hydrogens is 615 g/mol. The lowest BCUT2D eigenvalue weighted by atomic mass is 9.85. The third-order valence-electron chi connectivity index (χ3n) is 9.75. The van der Waals surface area contributed by atoms with Gasteiger partial charge in [0.15, 0.2) is 0 Å². The van der Waals surface area contributed by atoms with Gasteiger partial charge in [-0.25, -0.2) is 0 Å². The summed E-state index contributed by atoms with van der Waals surface area (Å²) in [6.45, 7) is 5.71. The molecule has 0 saturated heterocycles. The number of unbranched alkanes of at least 4 members (excludes halogenated alkanes) is 19. The summed E-state index contributed by atoms with van der Waals surface area (Å²) in [6, 6.07) is 0. The van der Waals surface area contributed by atoms with E-state index in [9.17, 15) is 9.90 Å². The van der Waals surface area contributed by atoms with Gasteiger partial charge >= 0.3 is 5.97 Å². The molecule has 4 heteroatoms. The summed E-state index contributed by atoms with van der Waals surface area (Å²) in [7, 11) is 3.94. The summed E-state index contributed by atoms with van der Waals surface area (Å²) in [4.78, 5) is 14.0. The van der Waals surface area contributed by atoms with Crippen LogP contribution in [0.15, 0.2) is 48.6 Å². The van der Waals surface area contributed by atoms with Crippen LogP contribution < -0.4 is 0 Å². The van der Waals surface area contributed by atoms with Crippen molar-refractivity contribution in [2.24, 2.45) is 0 Å². The summed E-state index contributed by atoms with van der Waals surface area (Å²) >= 11 is 0. The number of esters is 1. The molecule has 0 aliphatic heterocycles. The summed E-state index contributed by atoms with van der Waals surface area (Å²) in [5.41, 5.74) is -0.570. The Balaban J connectivity index is 4.23. The molecular formula is C46H85NO3. The van der Waals surface area contributed by atoms with Crippen LogP contribution in [0.1, 0.15) is 206 Å². The molecule has 292 valence electrons. The van der Waals surface area contributed by atoms with Crippen molar-refractivity contribution in [2.45, 2.75) is 212 Å². The van der Waals surface area contributed by atoms with Gasteiger partial charge in [0.25, 0.3) is 0 Å². The molecule has 0 amide bonds. The molecule has 0 bridgehead atoms. The van der Waals surface area contributed by atoms with Gasteiger partial charge in [-0.05, 0) is 110 Å². The molecule has 0 spiro atoms. The molecule has 1 N–H and O–H groups in total. The molecule has 0 aromatic carbocycles. The third-order valence-corrected chi connectivity index (χ3v) is 9.75. The number of rotatable bonds is 38. The average Bonchev–Trinajstić information content (AvgIpc) is 3.10. The van der Waals surface area contributed by atoms with Gasteiger partial charge in [-0.15, -0.1) is 0 Å². The first-order valence-corrected chi connectivity index (χ1v) is 21.6. The standard InChI is InChI=1S/C46H85NO3/c1-5-7-9-11-13-15-17-19-21-23-25-27-29-31-33-35-40-46(49,42-37-38-44-50-45(48)39-43-47(3)4)41-36-34-32-30-28-26-24-22-20-18-16-14-12-10-8-6-2/h13-16,19-22,49H,5-12,17-18,23-44H2,1-4H3/b15-13-,16-14?,21-19-,22-20?. The summed E-state index contributed by atoms with van der Waals surface area (Å²) in [5.74, 6) is -0.114. The Morgan fingerprint density at radius 2 is 0.880 bits per heavy atom. The molecule has 0 radical (unpaired) electrons. The highest BCUT2D eigenvalue weighted by molar-refractivity contribution is 5.69. The molecule has 0 rings (SSSR count). The van der Waals surface area contributed by atoms with Crippen LogP contribution in [0.2, 0.25) is 0 Å². The van der Waals surface area contributed by atoms with Crippen LogP contribution in [-0.2, 0) is 9.53 Å². The van der Waals surface area contributed by atoms with Crippen molar-refractivity contribution in [3.63, 3.8) is 0 Å². The van der Waals surface area contributed by atoms with E-state index in [-0.39, 0.29) is 5.97 Å². The van der Waals surface area contributed by atoms with E-state index in [0.29, 0.717) is 13.0 Å². The van der Waals surface area contributed by atoms with Gasteiger partial charge in [-0.1, -0.05) is 152 Å². The van der Waals surface area contributed by atoms with Crippen LogP contribution in [0.5, 0.6) is 0 Å². The fraction of sp³-hybridized carbons (Fsp3) is 0.804. The highest BCUT2D eigenvalue weighted by Crippen LogP contribution is 2.29. The number of hydrogen-bond acceptors (Lipinski definition) is 4. The number of hydrogen-bond donors (Lipinski definition) is 1. The Kier molecular flexibility index (Phi) is 37.3. The first-order valence-electron chi connectivity index (χ1n) is 21.6. The zero-order valence-electron chi connectivity index (χ0n) is 34.0. The van der Waals surface area contributed by atoms with E-state index < -0.39 is 5.60 Å². The van der Waals surface area contributed by atoms with Crippen molar-refractivity contribution >= 4 is 5.97 Å². The minimum Gasteiger partial charge on any atom is -0.466 e. The van der Waals surface area contributed by atoms with Crippen LogP contribution in [-0.4, -0.2) is 48.8 Å². The summed E-state index contributed by atoms with van der Waals surface area (Å²) < 4.78 is 5.43. The highest BCUT2D eigenvalue weighted by Gasteiger charge is 2.25. The Labute approximate surface area is 312 Å². The van der Waals surface area contributed by atoms with E-state index in [1.807, 2.05) is 19.0 Å². The molecule has 0 heterocycles. The Hall–Kier alpha value is -1.65. The second-order valence-electron chi connectivity index (χ2n) is 15.1. The molecule has 0 aliphatic rings. The maximum absolute atomic E-state index is 12.0. The van der Waals surface area contributed by atoms with Crippen LogP contribution in [0.3, 0.4) is 0 Å². The first kappa shape index (κ1) is 48.3. The molecule has 1 atom stereocenters. The van der Waals surface area contributed by atoms with Crippen molar-refractivity contribution < 1.29 is 14.6 Å². The smallest absolute Gasteiger partial charge is 0.307 e. The SMILES string of the molecule is CCCCCC=CCC=CCCCCCCCCC(O)(CCCCCCCC/C=C\C/C=C\CCCCC)CCCCOC(=O)CCN(C)C. The second kappa shape index (κ2) is 38.6. The lowest BCUT2D eigenvalue weighted by molar-refractivity contribution is -0.144. The van der Waals surface area contributed by atoms with Gasteiger partial charge in [0.05, 0.1) is 18.6 Å². The van der Waals surface area contributed by atoms with Gasteiger partial charge in [0.1, 0.15) is 0 Å². The van der Waals surface area contributed by atoms with Crippen LogP contribution in [0.4, 0.5) is 0 Å². The van der Waals surface area contributed by atoms with Crippen LogP contribution in [0, 0.1) is 0 Å². The number of ether oxygens (including phenoxy) is 1. The minimum absolute atomic E-state index is 0.114. The Morgan fingerprint density at radius 3 is 1.28 bits per heavy atom. The zero-order chi connectivity index (χ0) is 36.6. The number of carbonyl (C=O) groups is 1. The lowest BCUT2D eigenvalue weighted by Crippen LogP contribution is -2.28. The highest BCUT2D eigenvalue weighted by atomic mass is 16.5. The van der Waals surface area contributed by atoms with E-state index in [1.54, 1.807) is 0 Å². The second-order valence-corrected chi connectivity index (χ2v) is 15.1. The van der Waals surface area contributed by atoms with Gasteiger partial charge in [-0.2, -0.15) is 0 Å². The maximum Gasteiger partial charge on any atom is 0.307 e. The van der Waals surface area contributed by atoms with Gasteiger partial charge in [0, 0.05) is 6.54 Å². The Bertz CT molecular complexity index is 779. The molecule has 0 fully saturated rings. The topological polar surface area (TPSA) is 49.8 Å². The van der Waals surface area contributed by atoms with Crippen LogP contribution in [0.25, 0.3) is 0 Å². The number of allylic oxidation sites excluding steroid dienone is 8. The summed E-state index contributed by atoms with van der Waals surface area (Å²) in [5, 5.41) is 11.7. The van der Waals surface area contributed by atoms with Crippen molar-refractivity contribution in [1.29, 1.82) is 0 Å². The number of nitrogens with zero attached hydrogens (tertiary/aromatic N) is 1. The normalized spacial score (nSPS) is 13.6. The van der Waals surface area contributed by atoms with E-state index in [0.717, 1.165) is 64.3 Å². The molecule has 0 aromatic rings. The number of aliphatic hydroxyl groups is 1. The molecule has 0 aromatic heterocycles. The van der Waals surface area contributed by atoms with Crippen LogP contribution >= 0.6 is 0 Å². The third kappa shape index (κ3) is 37.6. The fourth-order valence-corrected chi connectivity index (χ4v) is 6.39. The van der Waals surface area contributed by atoms with Crippen molar-refractivity contribution in [2.75, 3.05) is 27.2 Å². The van der Waals surface area contributed by atoms with Gasteiger partial charge < -0.3 is 14.7 Å². The lowest BCUT2D eigenvalue weighted by Gasteiger charge is -2.28. The predicted octanol–water partition coefficient (Wildman–Crippen LogP) is 13.8. The maximum atomic E-state index is 12.0. The molecule has 50 heavy (non-hydrogen) atoms. The van der Waals surface area contributed by atoms with E-state index >= 15 is 0 Å². The molecule has 4 nitrogen and oxygen atoms in total.